The van der Waals surface area contributed by atoms with Gasteiger partial charge in [0.1, 0.15) is 12.6 Å². The molecule has 0 aliphatic carbocycles. The first-order valence-electron chi connectivity index (χ1n) is 9.01. The summed E-state index contributed by atoms with van der Waals surface area (Å²) in [4.78, 5) is 41.7. The van der Waals surface area contributed by atoms with Crippen LogP contribution in [0.25, 0.3) is 0 Å². The van der Waals surface area contributed by atoms with Crippen LogP contribution in [-0.4, -0.2) is 77.9 Å². The molecule has 3 rings (SSSR count). The summed E-state index contributed by atoms with van der Waals surface area (Å²) in [5, 5.41) is 2.87. The molecule has 4 amide bonds. The molecule has 1 N–H and O–H groups in total. The highest BCUT2D eigenvalue weighted by Crippen LogP contribution is 2.24. The Kier molecular flexibility index (Phi) is 5.15. The van der Waals surface area contributed by atoms with Gasteiger partial charge in [-0.15, -0.1) is 0 Å². The number of carbonyl (C=O) groups excluding carboxylic acids is 3. The highest BCUT2D eigenvalue weighted by Gasteiger charge is 2.47. The normalized spacial score (nSPS) is 22.7. The van der Waals surface area contributed by atoms with Crippen molar-refractivity contribution < 1.29 is 14.4 Å². The van der Waals surface area contributed by atoms with Crippen LogP contribution in [0.4, 0.5) is 4.79 Å². The molecule has 1 aromatic carbocycles. The van der Waals surface area contributed by atoms with Crippen LogP contribution < -0.4 is 5.32 Å². The Morgan fingerprint density at radius 1 is 1.19 bits per heavy atom. The fraction of sp³-hybridized carbons (Fsp3) is 0.526. The van der Waals surface area contributed by atoms with Gasteiger partial charge in [0.25, 0.3) is 0 Å². The van der Waals surface area contributed by atoms with Crippen molar-refractivity contribution in [2.24, 2.45) is 0 Å². The van der Waals surface area contributed by atoms with Gasteiger partial charge in [0.15, 0.2) is 0 Å². The largest absolute Gasteiger partial charge is 0.354 e. The summed E-state index contributed by atoms with van der Waals surface area (Å²) in [5.74, 6) is -0.225. The van der Waals surface area contributed by atoms with Gasteiger partial charge in [0, 0.05) is 26.7 Å². The van der Waals surface area contributed by atoms with Crippen LogP contribution in [0.2, 0.25) is 0 Å². The van der Waals surface area contributed by atoms with Crippen LogP contribution in [0.3, 0.4) is 0 Å². The number of hydrogen-bond donors (Lipinski definition) is 1. The van der Waals surface area contributed by atoms with Crippen molar-refractivity contribution in [3.05, 3.63) is 35.4 Å². The fourth-order valence-corrected chi connectivity index (χ4v) is 3.67. The molecule has 0 bridgehead atoms. The third-order valence-electron chi connectivity index (χ3n) is 5.14. The molecule has 2 saturated heterocycles. The zero-order valence-corrected chi connectivity index (χ0v) is 15.6. The van der Waals surface area contributed by atoms with E-state index in [2.05, 4.69) is 29.6 Å². The first kappa shape index (κ1) is 18.2. The van der Waals surface area contributed by atoms with E-state index in [-0.39, 0.29) is 30.4 Å². The lowest BCUT2D eigenvalue weighted by Crippen LogP contribution is -2.58. The van der Waals surface area contributed by atoms with E-state index in [1.807, 2.05) is 6.92 Å². The molecule has 1 aromatic rings. The van der Waals surface area contributed by atoms with Crippen molar-refractivity contribution in [2.75, 3.05) is 33.2 Å². The SMILES string of the molecule is Cc1ccc(CCNC(=O)CN2C[C@H]3CN(C)C(=O)[C@H](C)N3C2=O)cc1. The molecule has 2 fully saturated rings. The standard InChI is InChI=1S/C19H26N4O3/c1-13-4-6-15(7-5-13)8-9-20-17(24)12-22-11-16-10-21(3)18(25)14(2)23(16)19(22)26/h4-7,14,16H,8-12H2,1-3H3,(H,20,24)/t14-,16+/m0/s1. The number of benzene rings is 1. The van der Waals surface area contributed by atoms with E-state index in [4.69, 9.17) is 0 Å². The van der Waals surface area contributed by atoms with Crippen LogP contribution in [0.5, 0.6) is 0 Å². The second-order valence-electron chi connectivity index (χ2n) is 7.20. The van der Waals surface area contributed by atoms with E-state index in [1.54, 1.807) is 23.8 Å². The van der Waals surface area contributed by atoms with Crippen molar-refractivity contribution in [1.29, 1.82) is 0 Å². The van der Waals surface area contributed by atoms with Crippen molar-refractivity contribution in [3.8, 4) is 0 Å². The third-order valence-corrected chi connectivity index (χ3v) is 5.14. The number of hydrogen-bond acceptors (Lipinski definition) is 3. The molecule has 0 unspecified atom stereocenters. The monoisotopic (exact) mass is 358 g/mol. The first-order valence-corrected chi connectivity index (χ1v) is 9.01. The molecule has 0 radical (unpaired) electrons. The predicted octanol–water partition coefficient (Wildman–Crippen LogP) is 0.620. The summed E-state index contributed by atoms with van der Waals surface area (Å²) < 4.78 is 0. The zero-order chi connectivity index (χ0) is 18.8. The van der Waals surface area contributed by atoms with Gasteiger partial charge < -0.3 is 20.0 Å². The van der Waals surface area contributed by atoms with Crippen LogP contribution in [-0.2, 0) is 16.0 Å². The smallest absolute Gasteiger partial charge is 0.321 e. The maximum atomic E-state index is 12.6. The Morgan fingerprint density at radius 3 is 2.58 bits per heavy atom. The van der Waals surface area contributed by atoms with E-state index in [0.29, 0.717) is 19.6 Å². The summed E-state index contributed by atoms with van der Waals surface area (Å²) in [5.41, 5.74) is 2.38. The summed E-state index contributed by atoms with van der Waals surface area (Å²) in [7, 11) is 1.75. The molecular weight excluding hydrogens is 332 g/mol. The van der Waals surface area contributed by atoms with Gasteiger partial charge in [-0.3, -0.25) is 9.59 Å². The molecule has 2 aliphatic rings. The Hall–Kier alpha value is -2.57. The second-order valence-corrected chi connectivity index (χ2v) is 7.20. The van der Waals surface area contributed by atoms with Gasteiger partial charge in [-0.05, 0) is 25.8 Å². The van der Waals surface area contributed by atoms with Gasteiger partial charge in [0.2, 0.25) is 11.8 Å². The maximum Gasteiger partial charge on any atom is 0.321 e. The van der Waals surface area contributed by atoms with Gasteiger partial charge in [0.05, 0.1) is 6.04 Å². The van der Waals surface area contributed by atoms with E-state index in [1.165, 1.54) is 16.0 Å². The predicted molar refractivity (Wildman–Crippen MR) is 97.6 cm³/mol. The van der Waals surface area contributed by atoms with Gasteiger partial charge in [-0.25, -0.2) is 4.79 Å². The van der Waals surface area contributed by atoms with Crippen LogP contribution >= 0.6 is 0 Å². The minimum Gasteiger partial charge on any atom is -0.354 e. The number of aryl methyl sites for hydroxylation is 1. The Labute approximate surface area is 153 Å². The quantitative estimate of drug-likeness (QED) is 0.839. The van der Waals surface area contributed by atoms with Crippen molar-refractivity contribution in [3.63, 3.8) is 0 Å². The molecule has 0 saturated carbocycles. The van der Waals surface area contributed by atoms with Crippen LogP contribution in [0, 0.1) is 6.92 Å². The average Bonchev–Trinajstić information content (AvgIpc) is 2.90. The molecule has 0 aromatic heterocycles. The minimum atomic E-state index is -0.471. The minimum absolute atomic E-state index is 0.0321. The first-order chi connectivity index (χ1) is 12.4. The number of fused-ring (bicyclic) bond motifs is 1. The molecule has 2 heterocycles. The van der Waals surface area contributed by atoms with Crippen LogP contribution in [0.15, 0.2) is 24.3 Å². The van der Waals surface area contributed by atoms with Crippen molar-refractivity contribution in [2.45, 2.75) is 32.4 Å². The van der Waals surface area contributed by atoms with E-state index >= 15 is 0 Å². The Balaban J connectivity index is 1.49. The summed E-state index contributed by atoms with van der Waals surface area (Å²) in [6, 6.07) is 7.47. The van der Waals surface area contributed by atoms with Crippen molar-refractivity contribution in [1.82, 2.24) is 20.0 Å². The lowest BCUT2D eigenvalue weighted by Gasteiger charge is -2.38. The van der Waals surface area contributed by atoms with Gasteiger partial charge in [-0.1, -0.05) is 29.8 Å². The number of carbonyl (C=O) groups is 3. The summed E-state index contributed by atoms with van der Waals surface area (Å²) in [6.07, 6.45) is 0.755. The lowest BCUT2D eigenvalue weighted by molar-refractivity contribution is -0.139. The number of likely N-dealkylation sites (N-methyl/N-ethyl adjacent to an activating group) is 1. The molecule has 2 aliphatic heterocycles. The van der Waals surface area contributed by atoms with E-state index in [0.717, 1.165) is 6.42 Å². The highest BCUT2D eigenvalue weighted by molar-refractivity contribution is 5.91. The molecule has 140 valence electrons. The van der Waals surface area contributed by atoms with Crippen LogP contribution in [0.1, 0.15) is 18.1 Å². The number of piperazine rings is 1. The number of nitrogens with one attached hydrogen (secondary N) is 1. The lowest BCUT2D eigenvalue weighted by atomic mass is 10.1. The fourth-order valence-electron chi connectivity index (χ4n) is 3.67. The van der Waals surface area contributed by atoms with Gasteiger partial charge in [-0.2, -0.15) is 0 Å². The number of amides is 4. The third kappa shape index (κ3) is 3.66. The molecule has 26 heavy (non-hydrogen) atoms. The van der Waals surface area contributed by atoms with E-state index in [9.17, 15) is 14.4 Å². The molecule has 7 nitrogen and oxygen atoms in total. The summed E-state index contributed by atoms with van der Waals surface area (Å²) in [6.45, 7) is 5.35. The second kappa shape index (κ2) is 7.35. The number of nitrogens with zero attached hydrogens (tertiary/aromatic N) is 3. The molecule has 2 atom stereocenters. The Morgan fingerprint density at radius 2 is 1.88 bits per heavy atom. The zero-order valence-electron chi connectivity index (χ0n) is 15.6. The molecule has 7 heteroatoms. The number of urea groups is 1. The average molecular weight is 358 g/mol. The maximum absolute atomic E-state index is 12.6. The summed E-state index contributed by atoms with van der Waals surface area (Å²) >= 11 is 0. The van der Waals surface area contributed by atoms with E-state index < -0.39 is 6.04 Å². The topological polar surface area (TPSA) is 73.0 Å². The highest BCUT2D eigenvalue weighted by atomic mass is 16.2. The molecule has 0 spiro atoms. The molecular formula is C19H26N4O3. The van der Waals surface area contributed by atoms with Gasteiger partial charge >= 0.3 is 6.03 Å². The number of rotatable bonds is 5. The Bertz CT molecular complexity index is 703. The van der Waals surface area contributed by atoms with Crippen molar-refractivity contribution >= 4 is 17.8 Å².